The van der Waals surface area contributed by atoms with E-state index in [-0.39, 0.29) is 11.3 Å². The Morgan fingerprint density at radius 2 is 1.68 bits per heavy atom. The Bertz CT molecular complexity index is 800. The van der Waals surface area contributed by atoms with Gasteiger partial charge in [-0.15, -0.1) is 0 Å². The SMILES string of the molecule is CCOc1ccc(C(=O)N2CCCC2)cc1COc1ccc(C(C)(C)C)cc1. The molecule has 1 heterocycles. The van der Waals surface area contributed by atoms with Gasteiger partial charge in [-0.1, -0.05) is 32.9 Å². The lowest BCUT2D eigenvalue weighted by Gasteiger charge is -2.19. The Kier molecular flexibility index (Phi) is 6.28. The molecule has 4 heteroatoms. The van der Waals surface area contributed by atoms with Gasteiger partial charge in [0.15, 0.2) is 0 Å². The van der Waals surface area contributed by atoms with Gasteiger partial charge in [-0.2, -0.15) is 0 Å². The molecule has 0 aliphatic carbocycles. The van der Waals surface area contributed by atoms with E-state index in [0.29, 0.717) is 18.8 Å². The molecule has 0 bridgehead atoms. The lowest BCUT2D eigenvalue weighted by atomic mass is 9.87. The second kappa shape index (κ2) is 8.68. The molecular weight excluding hydrogens is 350 g/mol. The minimum Gasteiger partial charge on any atom is -0.493 e. The van der Waals surface area contributed by atoms with Crippen LogP contribution >= 0.6 is 0 Å². The lowest BCUT2D eigenvalue weighted by Crippen LogP contribution is -2.27. The van der Waals surface area contributed by atoms with Gasteiger partial charge in [0.25, 0.3) is 5.91 Å². The maximum Gasteiger partial charge on any atom is 0.253 e. The Hall–Kier alpha value is -2.49. The lowest BCUT2D eigenvalue weighted by molar-refractivity contribution is 0.0792. The second-order valence-corrected chi connectivity index (χ2v) is 8.32. The van der Waals surface area contributed by atoms with Gasteiger partial charge < -0.3 is 14.4 Å². The van der Waals surface area contributed by atoms with E-state index >= 15 is 0 Å². The first-order valence-electron chi connectivity index (χ1n) is 10.2. The third kappa shape index (κ3) is 4.86. The number of hydrogen-bond acceptors (Lipinski definition) is 3. The number of carbonyl (C=O) groups excluding carboxylic acids is 1. The van der Waals surface area contributed by atoms with E-state index in [2.05, 4.69) is 32.9 Å². The first-order valence-corrected chi connectivity index (χ1v) is 10.2. The quantitative estimate of drug-likeness (QED) is 0.690. The Labute approximate surface area is 168 Å². The molecule has 0 atom stereocenters. The van der Waals surface area contributed by atoms with Gasteiger partial charge in [0, 0.05) is 24.2 Å². The summed E-state index contributed by atoms with van der Waals surface area (Å²) in [6.45, 7) is 11.2. The molecule has 1 aliphatic heterocycles. The van der Waals surface area contributed by atoms with Crippen molar-refractivity contribution < 1.29 is 14.3 Å². The Morgan fingerprint density at radius 1 is 1.00 bits per heavy atom. The number of amides is 1. The van der Waals surface area contributed by atoms with Gasteiger partial charge in [0.05, 0.1) is 6.61 Å². The van der Waals surface area contributed by atoms with Crippen LogP contribution in [0.2, 0.25) is 0 Å². The van der Waals surface area contributed by atoms with Crippen LogP contribution in [0.5, 0.6) is 11.5 Å². The average Bonchev–Trinajstić information content (AvgIpc) is 3.21. The predicted octanol–water partition coefficient (Wildman–Crippen LogP) is 5.20. The third-order valence-corrected chi connectivity index (χ3v) is 5.12. The molecule has 0 N–H and O–H groups in total. The molecule has 2 aromatic rings. The van der Waals surface area contributed by atoms with Crippen molar-refractivity contribution in [3.8, 4) is 11.5 Å². The van der Waals surface area contributed by atoms with E-state index in [4.69, 9.17) is 9.47 Å². The predicted molar refractivity (Wildman–Crippen MR) is 112 cm³/mol. The maximum atomic E-state index is 12.7. The van der Waals surface area contributed by atoms with Crippen LogP contribution in [0, 0.1) is 0 Å². The van der Waals surface area contributed by atoms with Crippen LogP contribution in [0.25, 0.3) is 0 Å². The molecule has 0 radical (unpaired) electrons. The van der Waals surface area contributed by atoms with Crippen LogP contribution in [-0.4, -0.2) is 30.5 Å². The van der Waals surface area contributed by atoms with Crippen LogP contribution in [0.3, 0.4) is 0 Å². The number of ether oxygens (including phenoxy) is 2. The molecule has 0 aromatic heterocycles. The van der Waals surface area contributed by atoms with E-state index in [1.54, 1.807) is 0 Å². The number of benzene rings is 2. The van der Waals surface area contributed by atoms with Gasteiger partial charge >= 0.3 is 0 Å². The van der Waals surface area contributed by atoms with Gasteiger partial charge in [0.2, 0.25) is 0 Å². The normalized spacial score (nSPS) is 14.2. The molecule has 2 aromatic carbocycles. The number of likely N-dealkylation sites (tertiary alicyclic amines) is 1. The standard InChI is InChI=1S/C24H31NO3/c1-5-27-22-13-8-18(23(26)25-14-6-7-15-25)16-19(22)17-28-21-11-9-20(10-12-21)24(2,3)4/h8-13,16H,5-7,14-15,17H2,1-4H3. The Morgan fingerprint density at radius 3 is 2.29 bits per heavy atom. The third-order valence-electron chi connectivity index (χ3n) is 5.12. The van der Waals surface area contributed by atoms with Crippen molar-refractivity contribution in [3.05, 3.63) is 59.2 Å². The summed E-state index contributed by atoms with van der Waals surface area (Å²) >= 11 is 0. The highest BCUT2D eigenvalue weighted by Crippen LogP contribution is 2.27. The van der Waals surface area contributed by atoms with Crippen molar-refractivity contribution in [3.63, 3.8) is 0 Å². The maximum absolute atomic E-state index is 12.7. The molecule has 1 saturated heterocycles. The highest BCUT2D eigenvalue weighted by Gasteiger charge is 2.20. The summed E-state index contributed by atoms with van der Waals surface area (Å²) in [6, 6.07) is 13.9. The van der Waals surface area contributed by atoms with Gasteiger partial charge in [0.1, 0.15) is 18.1 Å². The molecule has 4 nitrogen and oxygen atoms in total. The minimum absolute atomic E-state index is 0.0938. The van der Waals surface area contributed by atoms with Crippen LogP contribution in [0.15, 0.2) is 42.5 Å². The Balaban J connectivity index is 1.75. The number of rotatable bonds is 6. The summed E-state index contributed by atoms with van der Waals surface area (Å²) < 4.78 is 11.7. The van der Waals surface area contributed by atoms with Crippen molar-refractivity contribution in [2.75, 3.05) is 19.7 Å². The molecule has 1 aliphatic rings. The first-order chi connectivity index (χ1) is 13.4. The minimum atomic E-state index is 0.0938. The summed E-state index contributed by atoms with van der Waals surface area (Å²) in [6.07, 6.45) is 2.17. The summed E-state index contributed by atoms with van der Waals surface area (Å²) in [5, 5.41) is 0. The second-order valence-electron chi connectivity index (χ2n) is 8.32. The zero-order valence-corrected chi connectivity index (χ0v) is 17.5. The average molecular weight is 382 g/mol. The topological polar surface area (TPSA) is 38.8 Å². The first kappa shape index (κ1) is 20.2. The van der Waals surface area contributed by atoms with Crippen molar-refractivity contribution in [1.82, 2.24) is 4.90 Å². The van der Waals surface area contributed by atoms with E-state index < -0.39 is 0 Å². The monoisotopic (exact) mass is 381 g/mol. The van der Waals surface area contributed by atoms with Gasteiger partial charge in [-0.25, -0.2) is 0 Å². The molecule has 3 rings (SSSR count). The van der Waals surface area contributed by atoms with Gasteiger partial charge in [-0.05, 0) is 61.1 Å². The van der Waals surface area contributed by atoms with Gasteiger partial charge in [-0.3, -0.25) is 4.79 Å². The summed E-state index contributed by atoms with van der Waals surface area (Å²) in [7, 11) is 0. The molecule has 0 unspecified atom stereocenters. The van der Waals surface area contributed by atoms with Crippen LogP contribution < -0.4 is 9.47 Å². The van der Waals surface area contributed by atoms with E-state index in [9.17, 15) is 4.79 Å². The summed E-state index contributed by atoms with van der Waals surface area (Å²) in [5.74, 6) is 1.68. The summed E-state index contributed by atoms with van der Waals surface area (Å²) in [5.41, 5.74) is 2.98. The fourth-order valence-electron chi connectivity index (χ4n) is 3.44. The van der Waals surface area contributed by atoms with Crippen molar-refractivity contribution in [2.24, 2.45) is 0 Å². The van der Waals surface area contributed by atoms with E-state index in [0.717, 1.165) is 43.0 Å². The zero-order chi connectivity index (χ0) is 20.1. The largest absolute Gasteiger partial charge is 0.493 e. The fraction of sp³-hybridized carbons (Fsp3) is 0.458. The van der Waals surface area contributed by atoms with Crippen LogP contribution in [0.4, 0.5) is 0 Å². The molecule has 150 valence electrons. The number of nitrogens with zero attached hydrogens (tertiary/aromatic N) is 1. The van der Waals surface area contributed by atoms with E-state index in [1.807, 2.05) is 42.2 Å². The molecule has 1 fully saturated rings. The number of hydrogen-bond donors (Lipinski definition) is 0. The smallest absolute Gasteiger partial charge is 0.253 e. The molecule has 0 saturated carbocycles. The van der Waals surface area contributed by atoms with Crippen molar-refractivity contribution in [2.45, 2.75) is 52.6 Å². The molecular formula is C24H31NO3. The van der Waals surface area contributed by atoms with Crippen LogP contribution in [-0.2, 0) is 12.0 Å². The van der Waals surface area contributed by atoms with Crippen molar-refractivity contribution >= 4 is 5.91 Å². The molecule has 28 heavy (non-hydrogen) atoms. The van der Waals surface area contributed by atoms with E-state index in [1.165, 1.54) is 5.56 Å². The zero-order valence-electron chi connectivity index (χ0n) is 17.5. The number of carbonyl (C=O) groups is 1. The fourth-order valence-corrected chi connectivity index (χ4v) is 3.44. The highest BCUT2D eigenvalue weighted by atomic mass is 16.5. The van der Waals surface area contributed by atoms with Crippen LogP contribution in [0.1, 0.15) is 62.0 Å². The van der Waals surface area contributed by atoms with Crippen molar-refractivity contribution in [1.29, 1.82) is 0 Å². The molecule has 0 spiro atoms. The summed E-state index contributed by atoms with van der Waals surface area (Å²) in [4.78, 5) is 14.6. The highest BCUT2D eigenvalue weighted by molar-refractivity contribution is 5.94. The molecule has 1 amide bonds.